The van der Waals surface area contributed by atoms with Gasteiger partial charge in [-0.15, -0.1) is 0 Å². The first-order valence-corrected chi connectivity index (χ1v) is 10.7. The van der Waals surface area contributed by atoms with Crippen LogP contribution in [-0.4, -0.2) is 37.1 Å². The highest BCUT2D eigenvalue weighted by atomic mass is 16.5. The van der Waals surface area contributed by atoms with E-state index in [-0.39, 0.29) is 12.0 Å². The third-order valence-electron chi connectivity index (χ3n) is 5.58. The highest BCUT2D eigenvalue weighted by Crippen LogP contribution is 2.25. The molecule has 1 saturated heterocycles. The van der Waals surface area contributed by atoms with E-state index >= 15 is 0 Å². The van der Waals surface area contributed by atoms with Gasteiger partial charge >= 0.3 is 0 Å². The largest absolute Gasteiger partial charge is 0.497 e. The molecule has 0 bridgehead atoms. The number of hydrogen-bond acceptors (Lipinski definition) is 4. The number of benzene rings is 3. The zero-order valence-corrected chi connectivity index (χ0v) is 17.8. The van der Waals surface area contributed by atoms with E-state index in [1.165, 1.54) is 5.56 Å². The summed E-state index contributed by atoms with van der Waals surface area (Å²) in [5, 5.41) is 3.36. The predicted octanol–water partition coefficient (Wildman–Crippen LogP) is 5.26. The van der Waals surface area contributed by atoms with E-state index in [1.54, 1.807) is 7.11 Å². The Morgan fingerprint density at radius 1 is 0.935 bits per heavy atom. The fraction of sp³-hybridized carbons (Fsp3) is 0.269. The summed E-state index contributed by atoms with van der Waals surface area (Å²) in [4.78, 5) is 15.1. The Morgan fingerprint density at radius 3 is 2.32 bits per heavy atom. The highest BCUT2D eigenvalue weighted by Gasteiger charge is 2.25. The van der Waals surface area contributed by atoms with E-state index in [0.29, 0.717) is 25.3 Å². The molecule has 31 heavy (non-hydrogen) atoms. The number of nitrogens with one attached hydrogen (secondary N) is 1. The van der Waals surface area contributed by atoms with Gasteiger partial charge in [0.1, 0.15) is 5.75 Å². The molecule has 1 N–H and O–H groups in total. The first-order chi connectivity index (χ1) is 15.2. The van der Waals surface area contributed by atoms with Crippen molar-refractivity contribution in [2.24, 2.45) is 0 Å². The minimum atomic E-state index is 0.0538. The van der Waals surface area contributed by atoms with Crippen LogP contribution in [0, 0.1) is 0 Å². The van der Waals surface area contributed by atoms with Crippen molar-refractivity contribution >= 4 is 17.3 Å². The van der Waals surface area contributed by atoms with Crippen LogP contribution < -0.4 is 10.1 Å². The molecule has 160 valence electrons. The molecule has 5 heteroatoms. The molecule has 0 aromatic heterocycles. The van der Waals surface area contributed by atoms with Crippen molar-refractivity contribution in [3.8, 4) is 5.75 Å². The molecule has 5 nitrogen and oxygen atoms in total. The lowest BCUT2D eigenvalue weighted by Gasteiger charge is -2.32. The molecule has 3 aromatic rings. The number of hydrogen-bond donors (Lipinski definition) is 1. The molecule has 0 unspecified atom stereocenters. The second kappa shape index (κ2) is 10.1. The van der Waals surface area contributed by atoms with E-state index < -0.39 is 0 Å². The first-order valence-electron chi connectivity index (χ1n) is 10.7. The maximum atomic E-state index is 13.2. The minimum Gasteiger partial charge on any atom is -0.497 e. The van der Waals surface area contributed by atoms with Crippen LogP contribution in [0.3, 0.4) is 0 Å². The summed E-state index contributed by atoms with van der Waals surface area (Å²) < 4.78 is 11.3. The van der Waals surface area contributed by atoms with Crippen molar-refractivity contribution in [3.05, 3.63) is 90.0 Å². The quantitative estimate of drug-likeness (QED) is 0.571. The Kier molecular flexibility index (Phi) is 6.85. The standard InChI is InChI=1S/C26H28N2O3/c1-30-22-13-11-21(12-14-22)27-25-10-6-5-9-24(25)26(29)28-17-15-23(16-18-28)31-19-20-7-3-2-4-8-20/h2-14,23,27H,15-19H2,1H3. The van der Waals surface area contributed by atoms with Crippen molar-refractivity contribution in [3.63, 3.8) is 0 Å². The van der Waals surface area contributed by atoms with Crippen LogP contribution in [0.4, 0.5) is 11.4 Å². The number of rotatable bonds is 7. The van der Waals surface area contributed by atoms with Gasteiger partial charge in [0.05, 0.1) is 31.1 Å². The number of amides is 1. The second-order valence-corrected chi connectivity index (χ2v) is 7.69. The van der Waals surface area contributed by atoms with E-state index in [4.69, 9.17) is 9.47 Å². The summed E-state index contributed by atoms with van der Waals surface area (Å²) in [6.45, 7) is 2.03. The van der Waals surface area contributed by atoms with Crippen LogP contribution in [-0.2, 0) is 11.3 Å². The monoisotopic (exact) mass is 416 g/mol. The molecule has 1 amide bonds. The van der Waals surface area contributed by atoms with Crippen LogP contribution in [0.25, 0.3) is 0 Å². The lowest BCUT2D eigenvalue weighted by molar-refractivity contribution is -0.000355. The number of methoxy groups -OCH3 is 1. The Morgan fingerprint density at radius 2 is 1.61 bits per heavy atom. The Hall–Kier alpha value is -3.31. The van der Waals surface area contributed by atoms with Crippen LogP contribution in [0.1, 0.15) is 28.8 Å². The fourth-order valence-corrected chi connectivity index (χ4v) is 3.79. The molecule has 0 spiro atoms. The average Bonchev–Trinajstić information content (AvgIpc) is 2.84. The SMILES string of the molecule is COc1ccc(Nc2ccccc2C(=O)N2CCC(OCc3ccccc3)CC2)cc1. The molecule has 1 heterocycles. The normalized spacial score (nSPS) is 14.3. The molecule has 1 aliphatic heterocycles. The molecule has 0 atom stereocenters. The molecule has 1 fully saturated rings. The number of carbonyl (C=O) groups excluding carboxylic acids is 1. The molecular formula is C26H28N2O3. The maximum Gasteiger partial charge on any atom is 0.255 e. The summed E-state index contributed by atoms with van der Waals surface area (Å²) in [7, 11) is 1.65. The topological polar surface area (TPSA) is 50.8 Å². The van der Waals surface area contributed by atoms with Crippen LogP contribution >= 0.6 is 0 Å². The van der Waals surface area contributed by atoms with E-state index in [2.05, 4.69) is 17.4 Å². The fourth-order valence-electron chi connectivity index (χ4n) is 3.79. The number of piperidine rings is 1. The zero-order valence-electron chi connectivity index (χ0n) is 17.8. The lowest BCUT2D eigenvalue weighted by atomic mass is 10.0. The second-order valence-electron chi connectivity index (χ2n) is 7.69. The van der Waals surface area contributed by atoms with Crippen LogP contribution in [0.2, 0.25) is 0 Å². The van der Waals surface area contributed by atoms with Gasteiger partial charge in [-0.05, 0) is 54.8 Å². The van der Waals surface area contributed by atoms with Gasteiger partial charge in [-0.1, -0.05) is 42.5 Å². The Bertz CT molecular complexity index is 981. The Labute approximate surface area is 183 Å². The molecule has 3 aromatic carbocycles. The molecule has 0 radical (unpaired) electrons. The predicted molar refractivity (Wildman–Crippen MR) is 123 cm³/mol. The Balaban J connectivity index is 1.35. The van der Waals surface area contributed by atoms with Gasteiger partial charge < -0.3 is 19.7 Å². The molecule has 1 aliphatic rings. The van der Waals surface area contributed by atoms with E-state index in [0.717, 1.165) is 30.0 Å². The third-order valence-corrected chi connectivity index (χ3v) is 5.58. The zero-order chi connectivity index (χ0) is 21.5. The van der Waals surface area contributed by atoms with Gasteiger partial charge in [0.25, 0.3) is 5.91 Å². The van der Waals surface area contributed by atoms with Crippen molar-refractivity contribution in [2.75, 3.05) is 25.5 Å². The highest BCUT2D eigenvalue weighted by molar-refractivity contribution is 6.00. The number of nitrogens with zero attached hydrogens (tertiary/aromatic N) is 1. The van der Waals surface area contributed by atoms with Crippen molar-refractivity contribution < 1.29 is 14.3 Å². The number of likely N-dealkylation sites (tertiary alicyclic amines) is 1. The van der Waals surface area contributed by atoms with Gasteiger partial charge in [-0.25, -0.2) is 0 Å². The van der Waals surface area contributed by atoms with Gasteiger partial charge in [0, 0.05) is 18.8 Å². The smallest absolute Gasteiger partial charge is 0.255 e. The van der Waals surface area contributed by atoms with Crippen molar-refractivity contribution in [2.45, 2.75) is 25.6 Å². The van der Waals surface area contributed by atoms with Crippen LogP contribution in [0.15, 0.2) is 78.9 Å². The summed E-state index contributed by atoms with van der Waals surface area (Å²) in [5.74, 6) is 0.852. The summed E-state index contributed by atoms with van der Waals surface area (Å²) >= 11 is 0. The minimum absolute atomic E-state index is 0.0538. The number of carbonyl (C=O) groups is 1. The lowest BCUT2D eigenvalue weighted by Crippen LogP contribution is -2.41. The maximum absolute atomic E-state index is 13.2. The van der Waals surface area contributed by atoms with Gasteiger partial charge in [-0.3, -0.25) is 4.79 Å². The van der Waals surface area contributed by atoms with Gasteiger partial charge in [0.15, 0.2) is 0 Å². The number of para-hydroxylation sites is 1. The van der Waals surface area contributed by atoms with Crippen molar-refractivity contribution in [1.29, 1.82) is 0 Å². The van der Waals surface area contributed by atoms with Gasteiger partial charge in [-0.2, -0.15) is 0 Å². The average molecular weight is 417 g/mol. The summed E-state index contributed by atoms with van der Waals surface area (Å²) in [5.41, 5.74) is 3.58. The molecular weight excluding hydrogens is 388 g/mol. The number of anilines is 2. The van der Waals surface area contributed by atoms with E-state index in [1.807, 2.05) is 71.6 Å². The third kappa shape index (κ3) is 5.44. The summed E-state index contributed by atoms with van der Waals surface area (Å²) in [6.07, 6.45) is 1.90. The summed E-state index contributed by atoms with van der Waals surface area (Å²) in [6, 6.07) is 25.5. The van der Waals surface area contributed by atoms with Gasteiger partial charge in [0.2, 0.25) is 0 Å². The number of ether oxygens (including phenoxy) is 2. The molecule has 0 saturated carbocycles. The van der Waals surface area contributed by atoms with E-state index in [9.17, 15) is 4.79 Å². The first kappa shape index (κ1) is 20.9. The van der Waals surface area contributed by atoms with Crippen LogP contribution in [0.5, 0.6) is 5.75 Å². The van der Waals surface area contributed by atoms with Crippen molar-refractivity contribution in [1.82, 2.24) is 4.90 Å². The molecule has 4 rings (SSSR count). The molecule has 0 aliphatic carbocycles.